The number of halogens is 1. The third-order valence-electron chi connectivity index (χ3n) is 5.45. The van der Waals surface area contributed by atoms with Crippen LogP contribution in [0.2, 0.25) is 0 Å². The molecule has 7 heteroatoms. The van der Waals surface area contributed by atoms with Gasteiger partial charge in [-0.2, -0.15) is 0 Å². The molecular weight excluding hydrogens is 373 g/mol. The van der Waals surface area contributed by atoms with Crippen LogP contribution in [0.1, 0.15) is 12.0 Å². The van der Waals surface area contributed by atoms with Crippen LogP contribution in [-0.4, -0.2) is 61.3 Å². The summed E-state index contributed by atoms with van der Waals surface area (Å²) in [5.41, 5.74) is 2.93. The van der Waals surface area contributed by atoms with Crippen molar-refractivity contribution in [3.05, 3.63) is 53.8 Å². The molecule has 0 aliphatic carbocycles. The number of hydrogen-bond acceptors (Lipinski definition) is 5. The molecule has 0 spiro atoms. The first-order valence-corrected chi connectivity index (χ1v) is 10.0. The highest BCUT2D eigenvalue weighted by Gasteiger charge is 2.20. The molecule has 29 heavy (non-hydrogen) atoms. The molecule has 2 N–H and O–H groups in total. The lowest BCUT2D eigenvalue weighted by Gasteiger charge is -2.36. The fourth-order valence-corrected chi connectivity index (χ4v) is 3.83. The number of amides is 1. The van der Waals surface area contributed by atoms with Crippen LogP contribution in [0.4, 0.5) is 15.8 Å². The molecule has 2 heterocycles. The average Bonchev–Trinajstić information content (AvgIpc) is 2.73. The zero-order valence-electron chi connectivity index (χ0n) is 16.3. The Hall–Kier alpha value is -2.64. The van der Waals surface area contributed by atoms with E-state index < -0.39 is 6.10 Å². The minimum Gasteiger partial charge on any atom is -0.491 e. The van der Waals surface area contributed by atoms with Gasteiger partial charge in [0.25, 0.3) is 0 Å². The Balaban J connectivity index is 1.22. The summed E-state index contributed by atoms with van der Waals surface area (Å²) in [4.78, 5) is 15.9. The van der Waals surface area contributed by atoms with Gasteiger partial charge >= 0.3 is 0 Å². The number of fused-ring (bicyclic) bond motifs is 1. The SMILES string of the molecule is O=C1CCc2cc(OC[C@@H](O)CN3CCN(c4ccc(F)cc4)CC3)ccc2N1. The smallest absolute Gasteiger partial charge is 0.224 e. The summed E-state index contributed by atoms with van der Waals surface area (Å²) in [7, 11) is 0. The van der Waals surface area contributed by atoms with Crippen molar-refractivity contribution < 1.29 is 19.0 Å². The van der Waals surface area contributed by atoms with E-state index >= 15 is 0 Å². The molecule has 0 aromatic heterocycles. The minimum absolute atomic E-state index is 0.0427. The van der Waals surface area contributed by atoms with Crippen LogP contribution >= 0.6 is 0 Å². The zero-order valence-corrected chi connectivity index (χ0v) is 16.3. The number of aliphatic hydroxyl groups is 1. The number of aliphatic hydroxyl groups excluding tert-OH is 1. The van der Waals surface area contributed by atoms with Crippen molar-refractivity contribution in [2.75, 3.05) is 49.5 Å². The molecule has 2 aromatic rings. The first-order chi connectivity index (χ1) is 14.1. The van der Waals surface area contributed by atoms with Crippen LogP contribution in [-0.2, 0) is 11.2 Å². The number of β-amino-alcohol motifs (C(OH)–C–C–N with tert-alkyl or cyclic N) is 1. The van der Waals surface area contributed by atoms with E-state index in [0.29, 0.717) is 25.1 Å². The van der Waals surface area contributed by atoms with Crippen LogP contribution in [0, 0.1) is 5.82 Å². The van der Waals surface area contributed by atoms with E-state index in [1.54, 1.807) is 12.1 Å². The van der Waals surface area contributed by atoms with Gasteiger partial charge in [0.2, 0.25) is 5.91 Å². The van der Waals surface area contributed by atoms with Crippen molar-refractivity contribution >= 4 is 17.3 Å². The van der Waals surface area contributed by atoms with Gasteiger partial charge in [0.15, 0.2) is 0 Å². The zero-order chi connectivity index (χ0) is 20.2. The lowest BCUT2D eigenvalue weighted by atomic mass is 10.0. The molecule has 0 saturated carbocycles. The monoisotopic (exact) mass is 399 g/mol. The molecule has 1 atom stereocenters. The summed E-state index contributed by atoms with van der Waals surface area (Å²) in [5.74, 6) is 0.528. The largest absolute Gasteiger partial charge is 0.491 e. The lowest BCUT2D eigenvalue weighted by molar-refractivity contribution is -0.116. The van der Waals surface area contributed by atoms with E-state index in [4.69, 9.17) is 4.74 Å². The number of piperazine rings is 1. The van der Waals surface area contributed by atoms with Crippen LogP contribution in [0.5, 0.6) is 5.75 Å². The molecule has 1 fully saturated rings. The van der Waals surface area contributed by atoms with Gasteiger partial charge in [0, 0.05) is 50.5 Å². The molecule has 0 unspecified atom stereocenters. The highest BCUT2D eigenvalue weighted by atomic mass is 19.1. The maximum atomic E-state index is 13.1. The Morgan fingerprint density at radius 2 is 1.83 bits per heavy atom. The summed E-state index contributed by atoms with van der Waals surface area (Å²) in [6, 6.07) is 12.2. The highest BCUT2D eigenvalue weighted by Crippen LogP contribution is 2.27. The molecular formula is C22H26FN3O3. The second-order valence-corrected chi connectivity index (χ2v) is 7.60. The van der Waals surface area contributed by atoms with Crippen molar-refractivity contribution in [2.45, 2.75) is 18.9 Å². The van der Waals surface area contributed by atoms with E-state index in [0.717, 1.165) is 43.1 Å². The van der Waals surface area contributed by atoms with Gasteiger partial charge in [-0.3, -0.25) is 9.69 Å². The van der Waals surface area contributed by atoms with Gasteiger partial charge in [-0.1, -0.05) is 0 Å². The third-order valence-corrected chi connectivity index (χ3v) is 5.45. The van der Waals surface area contributed by atoms with Crippen molar-refractivity contribution in [3.63, 3.8) is 0 Å². The number of carbonyl (C=O) groups excluding carboxylic acids is 1. The predicted molar refractivity (Wildman–Crippen MR) is 110 cm³/mol. The summed E-state index contributed by atoms with van der Waals surface area (Å²) in [6.07, 6.45) is 0.616. The first-order valence-electron chi connectivity index (χ1n) is 10.0. The number of hydrogen-bond donors (Lipinski definition) is 2. The fraction of sp³-hybridized carbons (Fsp3) is 0.409. The maximum absolute atomic E-state index is 13.1. The van der Waals surface area contributed by atoms with E-state index in [9.17, 15) is 14.3 Å². The van der Waals surface area contributed by atoms with E-state index in [-0.39, 0.29) is 18.3 Å². The summed E-state index contributed by atoms with van der Waals surface area (Å²) in [5, 5.41) is 13.2. The van der Waals surface area contributed by atoms with Gasteiger partial charge in [-0.25, -0.2) is 4.39 Å². The number of rotatable bonds is 6. The molecule has 2 aliphatic heterocycles. The summed E-state index contributed by atoms with van der Waals surface area (Å²) < 4.78 is 18.8. The number of nitrogens with one attached hydrogen (secondary N) is 1. The van der Waals surface area contributed by atoms with Gasteiger partial charge in [0.1, 0.15) is 24.3 Å². The highest BCUT2D eigenvalue weighted by molar-refractivity contribution is 5.93. The Kier molecular flexibility index (Phi) is 5.97. The Labute approximate surface area is 169 Å². The van der Waals surface area contributed by atoms with E-state index in [2.05, 4.69) is 15.1 Å². The Morgan fingerprint density at radius 3 is 2.59 bits per heavy atom. The van der Waals surface area contributed by atoms with Gasteiger partial charge in [-0.15, -0.1) is 0 Å². The standard InChI is InChI=1S/C22H26FN3O3/c23-17-2-4-18(5-3-17)26-11-9-25(10-12-26)14-19(27)15-29-20-6-7-21-16(13-20)1-8-22(28)24-21/h2-7,13,19,27H,1,8-12,14-15H2,(H,24,28)/t19-/m0/s1. The topological polar surface area (TPSA) is 65.0 Å². The molecule has 2 aliphatic rings. The lowest BCUT2D eigenvalue weighted by Crippen LogP contribution is -2.49. The molecule has 0 bridgehead atoms. The quantitative estimate of drug-likeness (QED) is 0.780. The summed E-state index contributed by atoms with van der Waals surface area (Å²) >= 11 is 0. The van der Waals surface area contributed by atoms with Gasteiger partial charge in [0.05, 0.1) is 0 Å². The molecule has 2 aromatic carbocycles. The molecule has 154 valence electrons. The van der Waals surface area contributed by atoms with E-state index in [1.165, 1.54) is 12.1 Å². The maximum Gasteiger partial charge on any atom is 0.224 e. The fourth-order valence-electron chi connectivity index (χ4n) is 3.83. The van der Waals surface area contributed by atoms with Gasteiger partial charge < -0.3 is 20.1 Å². The van der Waals surface area contributed by atoms with Crippen LogP contribution < -0.4 is 15.0 Å². The predicted octanol–water partition coefficient (Wildman–Crippen LogP) is 2.27. The first kappa shape index (κ1) is 19.7. The van der Waals surface area contributed by atoms with Crippen molar-refractivity contribution in [1.82, 2.24) is 4.90 Å². The second kappa shape index (κ2) is 8.80. The Bertz CT molecular complexity index is 851. The molecule has 1 amide bonds. The number of benzene rings is 2. The third kappa shape index (κ3) is 5.05. The van der Waals surface area contributed by atoms with Crippen LogP contribution in [0.3, 0.4) is 0 Å². The van der Waals surface area contributed by atoms with Crippen molar-refractivity contribution in [2.24, 2.45) is 0 Å². The number of aryl methyl sites for hydroxylation is 1. The Morgan fingerprint density at radius 1 is 1.07 bits per heavy atom. The van der Waals surface area contributed by atoms with Crippen LogP contribution in [0.25, 0.3) is 0 Å². The number of ether oxygens (including phenoxy) is 1. The number of anilines is 2. The minimum atomic E-state index is -0.580. The molecule has 4 rings (SSSR count). The van der Waals surface area contributed by atoms with Crippen LogP contribution in [0.15, 0.2) is 42.5 Å². The average molecular weight is 399 g/mol. The second-order valence-electron chi connectivity index (χ2n) is 7.60. The normalized spacial score (nSPS) is 18.1. The number of nitrogens with zero attached hydrogens (tertiary/aromatic N) is 2. The number of carbonyl (C=O) groups is 1. The van der Waals surface area contributed by atoms with Crippen molar-refractivity contribution in [3.8, 4) is 5.75 Å². The molecule has 1 saturated heterocycles. The molecule has 0 radical (unpaired) electrons. The molecule has 6 nitrogen and oxygen atoms in total. The summed E-state index contributed by atoms with van der Waals surface area (Å²) in [6.45, 7) is 4.15. The van der Waals surface area contributed by atoms with Crippen molar-refractivity contribution in [1.29, 1.82) is 0 Å². The van der Waals surface area contributed by atoms with E-state index in [1.807, 2.05) is 18.2 Å². The van der Waals surface area contributed by atoms with Gasteiger partial charge in [-0.05, 0) is 54.4 Å².